The second kappa shape index (κ2) is 11.5. The molecule has 0 radical (unpaired) electrons. The van der Waals surface area contributed by atoms with E-state index in [4.69, 9.17) is 21.7 Å². The van der Waals surface area contributed by atoms with Crippen molar-refractivity contribution in [3.05, 3.63) is 29.8 Å². The number of benzene rings is 1. The van der Waals surface area contributed by atoms with Crippen molar-refractivity contribution in [2.75, 3.05) is 26.3 Å². The average molecular weight is 436 g/mol. The molecule has 1 aromatic rings. The summed E-state index contributed by atoms with van der Waals surface area (Å²) in [4.78, 5) is 38.7. The molecule has 1 fully saturated rings. The fourth-order valence-corrected chi connectivity index (χ4v) is 3.14. The number of carbonyl (C=O) groups excluding carboxylic acids is 3. The van der Waals surface area contributed by atoms with E-state index in [1.54, 1.807) is 29.2 Å². The molecule has 0 bridgehead atoms. The Morgan fingerprint density at radius 1 is 1.37 bits per heavy atom. The van der Waals surface area contributed by atoms with Crippen molar-refractivity contribution >= 4 is 35.1 Å². The van der Waals surface area contributed by atoms with E-state index in [1.807, 2.05) is 20.8 Å². The lowest BCUT2D eigenvalue weighted by atomic mass is 10.1. The van der Waals surface area contributed by atoms with Crippen LogP contribution in [0.5, 0.6) is 5.75 Å². The standard InChI is InChI=1S/C21H29N3O5S/c1-4-10-28-16-7-5-6-15(11-16)19(26)23-21(30)24-9-8-22-20(27)17(24)12-18(25)29-13-14(2)3/h5-7,11,14,17H,4,8-10,12-13H2,1-3H3,(H,22,27)(H,23,26,30). The number of carbonyl (C=O) groups is 3. The molecule has 1 aromatic carbocycles. The minimum absolute atomic E-state index is 0.0939. The molecule has 0 aromatic heterocycles. The van der Waals surface area contributed by atoms with Gasteiger partial charge in [-0.25, -0.2) is 0 Å². The lowest BCUT2D eigenvalue weighted by Gasteiger charge is -2.36. The van der Waals surface area contributed by atoms with Crippen LogP contribution in [0.1, 0.15) is 44.0 Å². The lowest BCUT2D eigenvalue weighted by Crippen LogP contribution is -2.60. The molecule has 1 aliphatic heterocycles. The smallest absolute Gasteiger partial charge is 0.308 e. The fourth-order valence-electron chi connectivity index (χ4n) is 2.83. The Kier molecular flexibility index (Phi) is 9.04. The number of esters is 1. The molecular formula is C21H29N3O5S. The predicted molar refractivity (Wildman–Crippen MR) is 116 cm³/mol. The van der Waals surface area contributed by atoms with Crippen molar-refractivity contribution in [1.82, 2.24) is 15.5 Å². The molecule has 30 heavy (non-hydrogen) atoms. The number of thiocarbonyl (C=S) groups is 1. The van der Waals surface area contributed by atoms with Gasteiger partial charge in [-0.15, -0.1) is 0 Å². The minimum atomic E-state index is -0.828. The summed E-state index contributed by atoms with van der Waals surface area (Å²) in [7, 11) is 0. The molecule has 1 heterocycles. The molecule has 1 atom stereocenters. The van der Waals surface area contributed by atoms with Crippen molar-refractivity contribution < 1.29 is 23.9 Å². The molecule has 1 aliphatic rings. The van der Waals surface area contributed by atoms with Crippen LogP contribution >= 0.6 is 12.2 Å². The summed E-state index contributed by atoms with van der Waals surface area (Å²) >= 11 is 5.37. The van der Waals surface area contributed by atoms with Crippen LogP contribution in [0.4, 0.5) is 0 Å². The normalized spacial score (nSPS) is 16.1. The molecule has 0 saturated carbocycles. The molecule has 2 amide bonds. The van der Waals surface area contributed by atoms with Crippen LogP contribution in [-0.2, 0) is 14.3 Å². The van der Waals surface area contributed by atoms with Crippen molar-refractivity contribution in [2.45, 2.75) is 39.7 Å². The summed E-state index contributed by atoms with van der Waals surface area (Å²) in [6.07, 6.45) is 0.716. The number of rotatable bonds is 8. The maximum atomic E-state index is 12.6. The number of nitrogens with one attached hydrogen (secondary N) is 2. The zero-order valence-electron chi connectivity index (χ0n) is 17.6. The second-order valence-electron chi connectivity index (χ2n) is 7.42. The predicted octanol–water partition coefficient (Wildman–Crippen LogP) is 1.88. The molecule has 2 rings (SSSR count). The van der Waals surface area contributed by atoms with E-state index >= 15 is 0 Å². The largest absolute Gasteiger partial charge is 0.494 e. The Morgan fingerprint density at radius 3 is 2.83 bits per heavy atom. The van der Waals surface area contributed by atoms with Crippen molar-refractivity contribution in [2.24, 2.45) is 5.92 Å². The van der Waals surface area contributed by atoms with Crippen LogP contribution < -0.4 is 15.4 Å². The quantitative estimate of drug-likeness (QED) is 0.475. The van der Waals surface area contributed by atoms with Gasteiger partial charge in [0.15, 0.2) is 5.11 Å². The van der Waals surface area contributed by atoms with Gasteiger partial charge in [0.2, 0.25) is 5.91 Å². The number of piperazine rings is 1. The highest BCUT2D eigenvalue weighted by Gasteiger charge is 2.34. The highest BCUT2D eigenvalue weighted by Crippen LogP contribution is 2.15. The summed E-state index contributed by atoms with van der Waals surface area (Å²) in [6.45, 7) is 7.45. The van der Waals surface area contributed by atoms with E-state index in [1.165, 1.54) is 0 Å². The summed E-state index contributed by atoms with van der Waals surface area (Å²) < 4.78 is 10.7. The van der Waals surface area contributed by atoms with Crippen molar-refractivity contribution in [3.63, 3.8) is 0 Å². The van der Waals surface area contributed by atoms with Crippen LogP contribution in [0, 0.1) is 5.92 Å². The lowest BCUT2D eigenvalue weighted by molar-refractivity contribution is -0.148. The Labute approximate surface area is 182 Å². The first-order chi connectivity index (χ1) is 14.3. The highest BCUT2D eigenvalue weighted by molar-refractivity contribution is 7.80. The topological polar surface area (TPSA) is 97.0 Å². The molecule has 8 nitrogen and oxygen atoms in total. The summed E-state index contributed by atoms with van der Waals surface area (Å²) in [5, 5.41) is 5.47. The Morgan fingerprint density at radius 2 is 2.13 bits per heavy atom. The zero-order valence-corrected chi connectivity index (χ0v) is 18.4. The van der Waals surface area contributed by atoms with E-state index in [9.17, 15) is 14.4 Å². The number of amides is 2. The second-order valence-corrected chi connectivity index (χ2v) is 7.80. The van der Waals surface area contributed by atoms with Gasteiger partial charge in [0.25, 0.3) is 5.91 Å². The summed E-state index contributed by atoms with van der Waals surface area (Å²) in [6, 6.07) is 5.96. The molecule has 0 spiro atoms. The first-order valence-electron chi connectivity index (χ1n) is 10.1. The van der Waals surface area contributed by atoms with Crippen LogP contribution in [0.3, 0.4) is 0 Å². The first kappa shape index (κ1) is 23.6. The van der Waals surface area contributed by atoms with Crippen LogP contribution in [-0.4, -0.2) is 60.1 Å². The van der Waals surface area contributed by atoms with Gasteiger partial charge in [-0.3, -0.25) is 19.7 Å². The maximum Gasteiger partial charge on any atom is 0.308 e. The van der Waals surface area contributed by atoms with Gasteiger partial charge in [0, 0.05) is 18.7 Å². The van der Waals surface area contributed by atoms with Crippen LogP contribution in [0.25, 0.3) is 0 Å². The van der Waals surface area contributed by atoms with Gasteiger partial charge in [0.1, 0.15) is 11.8 Å². The highest BCUT2D eigenvalue weighted by atomic mass is 32.1. The van der Waals surface area contributed by atoms with Crippen molar-refractivity contribution in [1.29, 1.82) is 0 Å². The monoisotopic (exact) mass is 435 g/mol. The average Bonchev–Trinajstić information content (AvgIpc) is 2.72. The fraction of sp³-hybridized carbons (Fsp3) is 0.524. The molecule has 1 saturated heterocycles. The number of nitrogens with zero attached hydrogens (tertiary/aromatic N) is 1. The third-order valence-electron chi connectivity index (χ3n) is 4.32. The van der Waals surface area contributed by atoms with Gasteiger partial charge in [0.05, 0.1) is 19.6 Å². The van der Waals surface area contributed by atoms with E-state index in [0.717, 1.165) is 6.42 Å². The minimum Gasteiger partial charge on any atom is -0.494 e. The zero-order chi connectivity index (χ0) is 22.1. The molecule has 1 unspecified atom stereocenters. The molecule has 164 valence electrons. The van der Waals surface area contributed by atoms with Gasteiger partial charge < -0.3 is 19.7 Å². The first-order valence-corrected chi connectivity index (χ1v) is 10.5. The number of hydrogen-bond donors (Lipinski definition) is 2. The SMILES string of the molecule is CCCOc1cccc(C(=O)NC(=S)N2CCNC(=O)C2CC(=O)OCC(C)C)c1. The van der Waals surface area contributed by atoms with Crippen LogP contribution in [0.2, 0.25) is 0 Å². The van der Waals surface area contributed by atoms with Gasteiger partial charge >= 0.3 is 5.97 Å². The Hall–Kier alpha value is -2.68. The van der Waals surface area contributed by atoms with E-state index < -0.39 is 17.9 Å². The van der Waals surface area contributed by atoms with E-state index in [-0.39, 0.29) is 30.0 Å². The van der Waals surface area contributed by atoms with Crippen LogP contribution in [0.15, 0.2) is 24.3 Å². The van der Waals surface area contributed by atoms with E-state index in [0.29, 0.717) is 31.0 Å². The van der Waals surface area contributed by atoms with Gasteiger partial charge in [-0.05, 0) is 42.8 Å². The van der Waals surface area contributed by atoms with Crippen molar-refractivity contribution in [3.8, 4) is 5.75 Å². The Bertz CT molecular complexity index is 784. The van der Waals surface area contributed by atoms with Gasteiger partial charge in [-0.1, -0.05) is 26.8 Å². The summed E-state index contributed by atoms with van der Waals surface area (Å²) in [5.41, 5.74) is 0.389. The third kappa shape index (κ3) is 6.98. The number of ether oxygens (including phenoxy) is 2. The molecule has 0 aliphatic carbocycles. The maximum absolute atomic E-state index is 12.6. The third-order valence-corrected chi connectivity index (χ3v) is 4.66. The Balaban J connectivity index is 2.03. The molecule has 9 heteroatoms. The van der Waals surface area contributed by atoms with E-state index in [2.05, 4.69) is 10.6 Å². The molecule has 2 N–H and O–H groups in total. The number of hydrogen-bond acceptors (Lipinski definition) is 6. The van der Waals surface area contributed by atoms with Gasteiger partial charge in [-0.2, -0.15) is 0 Å². The molecular weight excluding hydrogens is 406 g/mol. The summed E-state index contributed by atoms with van der Waals surface area (Å²) in [5.74, 6) is -0.421.